The molecule has 0 aromatic heterocycles. The lowest BCUT2D eigenvalue weighted by atomic mass is 10.1. The maximum Gasteiger partial charge on any atom is 0.191 e. The van der Waals surface area contributed by atoms with Crippen LogP contribution in [0.5, 0.6) is 5.75 Å². The zero-order chi connectivity index (χ0) is 20.2. The molecule has 0 amide bonds. The van der Waals surface area contributed by atoms with Crippen LogP contribution in [0.2, 0.25) is 0 Å². The second kappa shape index (κ2) is 11.6. The average Bonchev–Trinajstić information content (AvgIpc) is 2.71. The van der Waals surface area contributed by atoms with Crippen LogP contribution in [0.15, 0.2) is 47.5 Å². The molecule has 6 nitrogen and oxygen atoms in total. The van der Waals surface area contributed by atoms with Crippen LogP contribution in [-0.4, -0.2) is 32.8 Å². The summed E-state index contributed by atoms with van der Waals surface area (Å²) < 4.78 is 10.9. The van der Waals surface area contributed by atoms with Crippen LogP contribution in [0, 0.1) is 18.3 Å². The molecule has 2 aromatic rings. The van der Waals surface area contributed by atoms with Crippen LogP contribution in [-0.2, 0) is 17.8 Å². The molecule has 0 aliphatic rings. The number of benzene rings is 2. The standard InChI is InChI=1S/C22H28N4O2/c1-4-24-22(25-15-19-7-5-6-18(13-19)14-23)26-16-20-9-8-17(2)12-21(20)28-11-10-27-3/h5-9,12-13H,4,10-11,15-16H2,1-3H3,(H2,24,25,26). The van der Waals surface area contributed by atoms with E-state index in [0.29, 0.717) is 37.8 Å². The number of nitrogens with zero attached hydrogens (tertiary/aromatic N) is 2. The molecule has 0 aliphatic heterocycles. The predicted octanol–water partition coefficient (Wildman–Crippen LogP) is 3.15. The first-order valence-corrected chi connectivity index (χ1v) is 9.38. The highest BCUT2D eigenvalue weighted by Gasteiger charge is 2.06. The molecule has 2 N–H and O–H groups in total. The number of aliphatic imine (C=N–C) groups is 1. The van der Waals surface area contributed by atoms with Gasteiger partial charge in [-0.05, 0) is 43.2 Å². The summed E-state index contributed by atoms with van der Waals surface area (Å²) in [6, 6.07) is 15.8. The van der Waals surface area contributed by atoms with Gasteiger partial charge in [-0.3, -0.25) is 0 Å². The molecule has 2 rings (SSSR count). The number of rotatable bonds is 9. The Morgan fingerprint density at radius 3 is 2.75 bits per heavy atom. The summed E-state index contributed by atoms with van der Waals surface area (Å²) in [5.74, 6) is 1.57. The zero-order valence-corrected chi connectivity index (χ0v) is 16.8. The molecule has 0 unspecified atom stereocenters. The Morgan fingerprint density at radius 2 is 2.00 bits per heavy atom. The molecule has 0 atom stereocenters. The lowest BCUT2D eigenvalue weighted by Crippen LogP contribution is -2.36. The van der Waals surface area contributed by atoms with E-state index in [1.807, 2.05) is 38.1 Å². The van der Waals surface area contributed by atoms with E-state index < -0.39 is 0 Å². The Hall–Kier alpha value is -3.04. The monoisotopic (exact) mass is 380 g/mol. The number of hydrogen-bond acceptors (Lipinski definition) is 4. The van der Waals surface area contributed by atoms with Crippen LogP contribution in [0.3, 0.4) is 0 Å². The molecule has 0 bridgehead atoms. The SMILES string of the molecule is CCNC(=NCc1cccc(C#N)c1)NCc1ccc(C)cc1OCCOC. The fraction of sp³-hybridized carbons (Fsp3) is 0.364. The highest BCUT2D eigenvalue weighted by molar-refractivity contribution is 5.79. The molecule has 0 fully saturated rings. The third-order valence-electron chi connectivity index (χ3n) is 4.03. The van der Waals surface area contributed by atoms with Crippen molar-refractivity contribution >= 4 is 5.96 Å². The quantitative estimate of drug-likeness (QED) is 0.397. The molecule has 0 spiro atoms. The van der Waals surface area contributed by atoms with Gasteiger partial charge in [-0.25, -0.2) is 4.99 Å². The normalized spacial score (nSPS) is 11.0. The third kappa shape index (κ3) is 6.93. The predicted molar refractivity (Wildman–Crippen MR) is 111 cm³/mol. The van der Waals surface area contributed by atoms with Crippen LogP contribution in [0.25, 0.3) is 0 Å². The summed E-state index contributed by atoms with van der Waals surface area (Å²) >= 11 is 0. The summed E-state index contributed by atoms with van der Waals surface area (Å²) in [5.41, 5.74) is 3.84. The molecule has 0 saturated heterocycles. The minimum Gasteiger partial charge on any atom is -0.491 e. The Morgan fingerprint density at radius 1 is 1.14 bits per heavy atom. The van der Waals surface area contributed by atoms with E-state index in [9.17, 15) is 0 Å². The highest BCUT2D eigenvalue weighted by Crippen LogP contribution is 2.20. The third-order valence-corrected chi connectivity index (χ3v) is 4.03. The van der Waals surface area contributed by atoms with E-state index in [1.165, 1.54) is 0 Å². The van der Waals surface area contributed by atoms with Crippen molar-refractivity contribution in [3.63, 3.8) is 0 Å². The minimum absolute atomic E-state index is 0.496. The second-order valence-electron chi connectivity index (χ2n) is 6.31. The Labute approximate surface area is 167 Å². The van der Waals surface area contributed by atoms with Crippen molar-refractivity contribution in [1.82, 2.24) is 10.6 Å². The van der Waals surface area contributed by atoms with Gasteiger partial charge in [0.25, 0.3) is 0 Å². The molecule has 28 heavy (non-hydrogen) atoms. The molecule has 2 aromatic carbocycles. The number of nitrogens with one attached hydrogen (secondary N) is 2. The summed E-state index contributed by atoms with van der Waals surface area (Å²) in [5, 5.41) is 15.6. The Bertz CT molecular complexity index is 828. The topological polar surface area (TPSA) is 78.7 Å². The molecule has 0 saturated carbocycles. The van der Waals surface area contributed by atoms with E-state index in [0.717, 1.165) is 29.0 Å². The van der Waals surface area contributed by atoms with Gasteiger partial charge in [-0.2, -0.15) is 5.26 Å². The highest BCUT2D eigenvalue weighted by atomic mass is 16.5. The average molecular weight is 380 g/mol. The first-order chi connectivity index (χ1) is 13.7. The van der Waals surface area contributed by atoms with Crippen molar-refractivity contribution in [1.29, 1.82) is 5.26 Å². The molecule has 0 aliphatic carbocycles. The van der Waals surface area contributed by atoms with Crippen LogP contribution in [0.4, 0.5) is 0 Å². The Kier molecular flexibility index (Phi) is 8.83. The first kappa shape index (κ1) is 21.3. The number of aryl methyl sites for hydroxylation is 1. The van der Waals surface area contributed by atoms with Gasteiger partial charge in [0.2, 0.25) is 0 Å². The molecule has 6 heteroatoms. The maximum atomic E-state index is 9.03. The van der Waals surface area contributed by atoms with Crippen molar-refractivity contribution in [2.45, 2.75) is 26.9 Å². The van der Waals surface area contributed by atoms with Crippen LogP contribution >= 0.6 is 0 Å². The van der Waals surface area contributed by atoms with Crippen molar-refractivity contribution in [3.8, 4) is 11.8 Å². The van der Waals surface area contributed by atoms with E-state index >= 15 is 0 Å². The van der Waals surface area contributed by atoms with Crippen molar-refractivity contribution in [3.05, 3.63) is 64.7 Å². The summed E-state index contributed by atoms with van der Waals surface area (Å²) in [6.45, 7) is 6.97. The summed E-state index contributed by atoms with van der Waals surface area (Å²) in [7, 11) is 1.66. The van der Waals surface area contributed by atoms with Gasteiger partial charge in [0, 0.05) is 25.8 Å². The fourth-order valence-electron chi connectivity index (χ4n) is 2.61. The molecule has 0 heterocycles. The number of guanidine groups is 1. The maximum absolute atomic E-state index is 9.03. The largest absolute Gasteiger partial charge is 0.491 e. The number of hydrogen-bond donors (Lipinski definition) is 2. The van der Waals surface area contributed by atoms with Gasteiger partial charge >= 0.3 is 0 Å². The van der Waals surface area contributed by atoms with Gasteiger partial charge in [0.1, 0.15) is 12.4 Å². The van der Waals surface area contributed by atoms with E-state index in [2.05, 4.69) is 33.8 Å². The van der Waals surface area contributed by atoms with Crippen molar-refractivity contribution in [2.75, 3.05) is 26.9 Å². The summed E-state index contributed by atoms with van der Waals surface area (Å²) in [6.07, 6.45) is 0. The van der Waals surface area contributed by atoms with Gasteiger partial charge in [0.15, 0.2) is 5.96 Å². The second-order valence-corrected chi connectivity index (χ2v) is 6.31. The Balaban J connectivity index is 2.05. The van der Waals surface area contributed by atoms with Gasteiger partial charge in [0.05, 0.1) is 24.8 Å². The van der Waals surface area contributed by atoms with Gasteiger partial charge in [-0.1, -0.05) is 24.3 Å². The van der Waals surface area contributed by atoms with E-state index in [-0.39, 0.29) is 0 Å². The van der Waals surface area contributed by atoms with E-state index in [4.69, 9.17) is 14.7 Å². The lowest BCUT2D eigenvalue weighted by Gasteiger charge is -2.15. The van der Waals surface area contributed by atoms with Crippen molar-refractivity contribution in [2.24, 2.45) is 4.99 Å². The molecular weight excluding hydrogens is 352 g/mol. The number of methoxy groups -OCH3 is 1. The lowest BCUT2D eigenvalue weighted by molar-refractivity contribution is 0.145. The van der Waals surface area contributed by atoms with Crippen LogP contribution < -0.4 is 15.4 Å². The van der Waals surface area contributed by atoms with Gasteiger partial charge in [-0.15, -0.1) is 0 Å². The minimum atomic E-state index is 0.496. The molecule has 148 valence electrons. The molecular formula is C22H28N4O2. The number of ether oxygens (including phenoxy) is 2. The number of nitriles is 1. The van der Waals surface area contributed by atoms with E-state index in [1.54, 1.807) is 13.2 Å². The van der Waals surface area contributed by atoms with Gasteiger partial charge < -0.3 is 20.1 Å². The van der Waals surface area contributed by atoms with Crippen LogP contribution in [0.1, 0.15) is 29.2 Å². The summed E-state index contributed by atoms with van der Waals surface area (Å²) in [4.78, 5) is 4.62. The zero-order valence-electron chi connectivity index (χ0n) is 16.8. The fourth-order valence-corrected chi connectivity index (χ4v) is 2.61. The first-order valence-electron chi connectivity index (χ1n) is 9.38. The van der Waals surface area contributed by atoms with Crippen molar-refractivity contribution < 1.29 is 9.47 Å². The smallest absolute Gasteiger partial charge is 0.191 e. The molecule has 0 radical (unpaired) electrons.